The van der Waals surface area contributed by atoms with Crippen molar-refractivity contribution in [2.24, 2.45) is 0 Å². The van der Waals surface area contributed by atoms with Gasteiger partial charge in [-0.3, -0.25) is 9.69 Å². The smallest absolute Gasteiger partial charge is 0.324 e. The maximum Gasteiger partial charge on any atom is 0.324 e. The van der Waals surface area contributed by atoms with Crippen molar-refractivity contribution in [2.75, 3.05) is 13.1 Å². The first-order chi connectivity index (χ1) is 9.00. The quantitative estimate of drug-likeness (QED) is 0.871. The van der Waals surface area contributed by atoms with Gasteiger partial charge in [0.15, 0.2) is 0 Å². The molecule has 0 aliphatic carbocycles. The molecule has 1 atom stereocenters. The first-order valence-corrected chi connectivity index (χ1v) is 7.34. The lowest BCUT2D eigenvalue weighted by Crippen LogP contribution is -2.38. The number of carbonyl (C=O) groups is 2. The molecule has 0 aromatic heterocycles. The Bertz CT molecular complexity index is 504. The number of halogens is 2. The van der Waals surface area contributed by atoms with Crippen LogP contribution in [0.1, 0.15) is 6.92 Å². The predicted molar refractivity (Wildman–Crippen MR) is 76.9 cm³/mol. The van der Waals surface area contributed by atoms with Gasteiger partial charge in [-0.25, -0.2) is 4.79 Å². The van der Waals surface area contributed by atoms with Gasteiger partial charge in [0.2, 0.25) is 5.91 Å². The fraction of sp³-hybridized carbons (Fsp3) is 0.333. The summed E-state index contributed by atoms with van der Waals surface area (Å²) in [6, 6.07) is 4.84. The number of urea groups is 1. The van der Waals surface area contributed by atoms with E-state index < -0.39 is 5.25 Å². The lowest BCUT2D eigenvalue weighted by atomic mass is 10.4. The summed E-state index contributed by atoms with van der Waals surface area (Å²) in [6.07, 6.45) is 0. The molecule has 1 saturated heterocycles. The lowest BCUT2D eigenvalue weighted by Gasteiger charge is -2.18. The van der Waals surface area contributed by atoms with Crippen molar-refractivity contribution in [1.29, 1.82) is 0 Å². The van der Waals surface area contributed by atoms with Crippen LogP contribution in [0.2, 0.25) is 10.0 Å². The van der Waals surface area contributed by atoms with E-state index in [0.717, 1.165) is 0 Å². The molecule has 1 fully saturated rings. The van der Waals surface area contributed by atoms with E-state index in [9.17, 15) is 9.59 Å². The van der Waals surface area contributed by atoms with Gasteiger partial charge in [-0.2, -0.15) is 0 Å². The summed E-state index contributed by atoms with van der Waals surface area (Å²) in [4.78, 5) is 25.4. The second-order valence-corrected chi connectivity index (χ2v) is 6.20. The van der Waals surface area contributed by atoms with Gasteiger partial charge in [0.25, 0.3) is 0 Å². The molecule has 1 N–H and O–H groups in total. The zero-order valence-corrected chi connectivity index (χ0v) is 12.5. The number of hydrogen-bond donors (Lipinski definition) is 1. The fourth-order valence-corrected chi connectivity index (χ4v) is 3.33. The number of amides is 3. The second kappa shape index (κ2) is 6.03. The molecule has 1 aromatic rings. The van der Waals surface area contributed by atoms with Gasteiger partial charge in [0.05, 0.1) is 15.3 Å². The van der Waals surface area contributed by atoms with Crippen LogP contribution in [0.25, 0.3) is 0 Å². The Morgan fingerprint density at radius 2 is 2.05 bits per heavy atom. The summed E-state index contributed by atoms with van der Waals surface area (Å²) in [5.74, 6) is -0.240. The summed E-state index contributed by atoms with van der Waals surface area (Å²) in [7, 11) is 0. The van der Waals surface area contributed by atoms with Gasteiger partial charge in [0, 0.05) is 18.0 Å². The van der Waals surface area contributed by atoms with Crippen molar-refractivity contribution in [2.45, 2.75) is 17.1 Å². The first-order valence-electron chi connectivity index (χ1n) is 5.70. The van der Waals surface area contributed by atoms with Crippen molar-refractivity contribution < 1.29 is 9.59 Å². The molecule has 1 heterocycles. The Morgan fingerprint density at radius 1 is 1.42 bits per heavy atom. The second-order valence-electron chi connectivity index (χ2n) is 4.03. The molecule has 1 aliphatic heterocycles. The molecule has 4 nitrogen and oxygen atoms in total. The monoisotopic (exact) mass is 318 g/mol. The number of imide groups is 1. The van der Waals surface area contributed by atoms with Crippen LogP contribution in [-0.2, 0) is 4.79 Å². The molecule has 7 heteroatoms. The molecule has 3 amide bonds. The van der Waals surface area contributed by atoms with E-state index in [1.165, 1.54) is 16.7 Å². The van der Waals surface area contributed by atoms with E-state index in [4.69, 9.17) is 23.2 Å². The van der Waals surface area contributed by atoms with Crippen molar-refractivity contribution in [3.05, 3.63) is 28.2 Å². The Hall–Kier alpha value is -0.910. The molecule has 0 bridgehead atoms. The average Bonchev–Trinajstić information content (AvgIpc) is 2.79. The van der Waals surface area contributed by atoms with Gasteiger partial charge in [0.1, 0.15) is 0 Å². The van der Waals surface area contributed by atoms with Crippen LogP contribution in [0.3, 0.4) is 0 Å². The van der Waals surface area contributed by atoms with E-state index >= 15 is 0 Å². The summed E-state index contributed by atoms with van der Waals surface area (Å²) in [5, 5.41) is 3.17. The summed E-state index contributed by atoms with van der Waals surface area (Å²) in [6.45, 7) is 2.63. The minimum atomic E-state index is -0.429. The summed E-state index contributed by atoms with van der Waals surface area (Å²) >= 11 is 13.4. The van der Waals surface area contributed by atoms with Crippen LogP contribution in [-0.4, -0.2) is 35.2 Å². The van der Waals surface area contributed by atoms with Crippen LogP contribution in [0.15, 0.2) is 23.1 Å². The Kier molecular flexibility index (Phi) is 4.60. The van der Waals surface area contributed by atoms with E-state index in [1.54, 1.807) is 25.1 Å². The Balaban J connectivity index is 2.10. The first kappa shape index (κ1) is 14.5. The zero-order chi connectivity index (χ0) is 14.0. The number of hydrogen-bond acceptors (Lipinski definition) is 3. The van der Waals surface area contributed by atoms with Crippen LogP contribution >= 0.6 is 35.0 Å². The van der Waals surface area contributed by atoms with Gasteiger partial charge < -0.3 is 5.32 Å². The minimum absolute atomic E-state index is 0.240. The van der Waals surface area contributed by atoms with E-state index in [1.807, 2.05) is 0 Å². The number of benzene rings is 1. The highest BCUT2D eigenvalue weighted by Gasteiger charge is 2.30. The molecule has 2 rings (SSSR count). The van der Waals surface area contributed by atoms with Gasteiger partial charge >= 0.3 is 6.03 Å². The van der Waals surface area contributed by atoms with E-state index in [-0.39, 0.29) is 11.9 Å². The maximum atomic E-state index is 12.1. The Labute approximate surface area is 125 Å². The highest BCUT2D eigenvalue weighted by Crippen LogP contribution is 2.36. The number of nitrogens with one attached hydrogen (secondary N) is 1. The normalized spacial score (nSPS) is 16.4. The maximum absolute atomic E-state index is 12.1. The third-order valence-corrected chi connectivity index (χ3v) is 4.77. The predicted octanol–water partition coefficient (Wildman–Crippen LogP) is 3.03. The van der Waals surface area contributed by atoms with Gasteiger partial charge in [-0.1, -0.05) is 29.3 Å². The SMILES string of the molecule is C[C@@H](Sc1c(Cl)cccc1Cl)C(=O)N1CCNC1=O. The number of rotatable bonds is 3. The molecule has 19 heavy (non-hydrogen) atoms. The zero-order valence-electron chi connectivity index (χ0n) is 10.2. The van der Waals surface area contributed by atoms with Crippen LogP contribution in [0, 0.1) is 0 Å². The van der Waals surface area contributed by atoms with Crippen LogP contribution < -0.4 is 5.32 Å². The van der Waals surface area contributed by atoms with Crippen molar-refractivity contribution in [3.63, 3.8) is 0 Å². The largest absolute Gasteiger partial charge is 0.336 e. The highest BCUT2D eigenvalue weighted by atomic mass is 35.5. The van der Waals surface area contributed by atoms with E-state index in [0.29, 0.717) is 28.0 Å². The molecule has 0 saturated carbocycles. The molecular weight excluding hydrogens is 307 g/mol. The van der Waals surface area contributed by atoms with Crippen LogP contribution in [0.5, 0.6) is 0 Å². The molecule has 1 aliphatic rings. The van der Waals surface area contributed by atoms with Gasteiger partial charge in [-0.05, 0) is 19.1 Å². The molecule has 102 valence electrons. The number of thioether (sulfide) groups is 1. The van der Waals surface area contributed by atoms with Crippen molar-refractivity contribution in [1.82, 2.24) is 10.2 Å². The molecule has 0 spiro atoms. The third-order valence-electron chi connectivity index (χ3n) is 2.68. The summed E-state index contributed by atoms with van der Waals surface area (Å²) in [5.41, 5.74) is 0. The third kappa shape index (κ3) is 3.16. The summed E-state index contributed by atoms with van der Waals surface area (Å²) < 4.78 is 0. The molecule has 0 unspecified atom stereocenters. The van der Waals surface area contributed by atoms with Crippen LogP contribution in [0.4, 0.5) is 4.79 Å². The van der Waals surface area contributed by atoms with Crippen molar-refractivity contribution >= 4 is 46.9 Å². The molecule has 0 radical (unpaired) electrons. The minimum Gasteiger partial charge on any atom is -0.336 e. The molecular formula is C12H12Cl2N2O2S. The van der Waals surface area contributed by atoms with Crippen molar-refractivity contribution in [3.8, 4) is 0 Å². The fourth-order valence-electron chi connectivity index (χ4n) is 1.72. The average molecular weight is 319 g/mol. The van der Waals surface area contributed by atoms with E-state index in [2.05, 4.69) is 5.32 Å². The number of nitrogens with zero attached hydrogens (tertiary/aromatic N) is 1. The highest BCUT2D eigenvalue weighted by molar-refractivity contribution is 8.00. The van der Waals surface area contributed by atoms with Gasteiger partial charge in [-0.15, -0.1) is 11.8 Å². The lowest BCUT2D eigenvalue weighted by molar-refractivity contribution is -0.126. The number of carbonyl (C=O) groups excluding carboxylic acids is 2. The molecule has 1 aromatic carbocycles. The standard InChI is InChI=1S/C12H12Cl2N2O2S/c1-7(11(17)16-6-5-15-12(16)18)19-10-8(13)3-2-4-9(10)14/h2-4,7H,5-6H2,1H3,(H,15,18)/t7-/m1/s1. The topological polar surface area (TPSA) is 49.4 Å². The Morgan fingerprint density at radius 3 is 2.58 bits per heavy atom.